The first-order chi connectivity index (χ1) is 12.7. The highest BCUT2D eigenvalue weighted by atomic mass is 16.5. The fourth-order valence-corrected chi connectivity index (χ4v) is 3.13. The second kappa shape index (κ2) is 7.20. The zero-order valence-corrected chi connectivity index (χ0v) is 14.9. The molecule has 1 fully saturated rings. The van der Waals surface area contributed by atoms with Gasteiger partial charge in [-0.3, -0.25) is 9.78 Å². The van der Waals surface area contributed by atoms with E-state index in [2.05, 4.69) is 21.4 Å². The van der Waals surface area contributed by atoms with Gasteiger partial charge in [0.2, 0.25) is 5.91 Å². The van der Waals surface area contributed by atoms with Gasteiger partial charge in [-0.05, 0) is 49.6 Å². The van der Waals surface area contributed by atoms with Gasteiger partial charge in [-0.15, -0.1) is 0 Å². The Morgan fingerprint density at radius 3 is 2.92 bits per heavy atom. The van der Waals surface area contributed by atoms with E-state index in [1.165, 1.54) is 0 Å². The number of aromatic amines is 1. The standard InChI is InChI=1S/C21H23N3O2/c1-14-5-6-15(12-22-14)9-10-26-17-7-8-19-18(11-17)20(13-23-19)24-21(25)16-3-2-4-16/h5-8,11-13,16,23H,2-4,9-10H2,1H3,(H,24,25). The molecule has 3 aromatic rings. The monoisotopic (exact) mass is 349 g/mol. The molecule has 0 atom stereocenters. The number of carbonyl (C=O) groups excluding carboxylic acids is 1. The third-order valence-corrected chi connectivity index (χ3v) is 5.02. The van der Waals surface area contributed by atoms with E-state index in [9.17, 15) is 4.79 Å². The van der Waals surface area contributed by atoms with Crippen molar-refractivity contribution in [2.75, 3.05) is 11.9 Å². The van der Waals surface area contributed by atoms with Crippen LogP contribution in [0.3, 0.4) is 0 Å². The highest BCUT2D eigenvalue weighted by molar-refractivity contribution is 6.02. The van der Waals surface area contributed by atoms with E-state index in [1.807, 2.05) is 43.6 Å². The Hall–Kier alpha value is -2.82. The number of carbonyl (C=O) groups is 1. The quantitative estimate of drug-likeness (QED) is 0.700. The molecule has 4 rings (SSSR count). The maximum absolute atomic E-state index is 12.2. The Balaban J connectivity index is 1.41. The van der Waals surface area contributed by atoms with Gasteiger partial charge in [-0.1, -0.05) is 12.5 Å². The summed E-state index contributed by atoms with van der Waals surface area (Å²) in [5.41, 5.74) is 3.99. The zero-order chi connectivity index (χ0) is 17.9. The van der Waals surface area contributed by atoms with Crippen molar-refractivity contribution in [3.63, 3.8) is 0 Å². The van der Waals surface area contributed by atoms with Gasteiger partial charge in [0.1, 0.15) is 5.75 Å². The smallest absolute Gasteiger partial charge is 0.227 e. The van der Waals surface area contributed by atoms with E-state index < -0.39 is 0 Å². The Bertz CT molecular complexity index is 911. The highest BCUT2D eigenvalue weighted by Gasteiger charge is 2.25. The lowest BCUT2D eigenvalue weighted by Gasteiger charge is -2.23. The summed E-state index contributed by atoms with van der Waals surface area (Å²) in [4.78, 5) is 19.7. The summed E-state index contributed by atoms with van der Waals surface area (Å²) in [5.74, 6) is 1.09. The van der Waals surface area contributed by atoms with E-state index in [-0.39, 0.29) is 11.8 Å². The van der Waals surface area contributed by atoms with Crippen LogP contribution in [0.15, 0.2) is 42.7 Å². The SMILES string of the molecule is Cc1ccc(CCOc2ccc3[nH]cc(NC(=O)C4CCC4)c3c2)cn1. The summed E-state index contributed by atoms with van der Waals surface area (Å²) in [6.45, 7) is 2.57. The van der Waals surface area contributed by atoms with Gasteiger partial charge in [0, 0.05) is 41.3 Å². The molecule has 1 amide bonds. The number of benzene rings is 1. The molecule has 1 aliphatic rings. The topological polar surface area (TPSA) is 67.0 Å². The lowest BCUT2D eigenvalue weighted by molar-refractivity contribution is -0.122. The zero-order valence-electron chi connectivity index (χ0n) is 14.9. The summed E-state index contributed by atoms with van der Waals surface area (Å²) in [7, 11) is 0. The first kappa shape index (κ1) is 16.6. The molecule has 5 heteroatoms. The van der Waals surface area contributed by atoms with Crippen LogP contribution in [0.2, 0.25) is 0 Å². The summed E-state index contributed by atoms with van der Waals surface area (Å²) < 4.78 is 5.90. The van der Waals surface area contributed by atoms with Crippen molar-refractivity contribution >= 4 is 22.5 Å². The minimum Gasteiger partial charge on any atom is -0.493 e. The Labute approximate surface area is 152 Å². The van der Waals surface area contributed by atoms with Gasteiger partial charge in [-0.2, -0.15) is 0 Å². The molecule has 0 aliphatic heterocycles. The number of aryl methyl sites for hydroxylation is 1. The summed E-state index contributed by atoms with van der Waals surface area (Å²) in [6, 6.07) is 10.0. The van der Waals surface area contributed by atoms with Crippen molar-refractivity contribution in [1.82, 2.24) is 9.97 Å². The fraction of sp³-hybridized carbons (Fsp3) is 0.333. The number of pyridine rings is 1. The van der Waals surface area contributed by atoms with E-state index in [1.54, 1.807) is 0 Å². The Kier molecular flexibility index (Phi) is 4.61. The molecule has 0 spiro atoms. The van der Waals surface area contributed by atoms with Crippen molar-refractivity contribution < 1.29 is 9.53 Å². The predicted octanol–water partition coefficient (Wildman–Crippen LogP) is 4.23. The van der Waals surface area contributed by atoms with Crippen LogP contribution in [-0.4, -0.2) is 22.5 Å². The number of rotatable bonds is 6. The van der Waals surface area contributed by atoms with Crippen LogP contribution < -0.4 is 10.1 Å². The largest absolute Gasteiger partial charge is 0.493 e. The number of ether oxygens (including phenoxy) is 1. The number of nitrogens with zero attached hydrogens (tertiary/aromatic N) is 1. The van der Waals surface area contributed by atoms with Crippen LogP contribution in [0.1, 0.15) is 30.5 Å². The van der Waals surface area contributed by atoms with Gasteiger partial charge in [0.25, 0.3) is 0 Å². The van der Waals surface area contributed by atoms with Gasteiger partial charge >= 0.3 is 0 Å². The molecule has 5 nitrogen and oxygen atoms in total. The average molecular weight is 349 g/mol. The minimum absolute atomic E-state index is 0.121. The molecule has 2 aromatic heterocycles. The van der Waals surface area contributed by atoms with Gasteiger partial charge in [-0.25, -0.2) is 0 Å². The maximum Gasteiger partial charge on any atom is 0.227 e. The number of H-pyrrole nitrogens is 1. The lowest BCUT2D eigenvalue weighted by Crippen LogP contribution is -2.27. The molecule has 0 saturated heterocycles. The second-order valence-corrected chi connectivity index (χ2v) is 6.93. The average Bonchev–Trinajstić information content (AvgIpc) is 2.97. The number of hydrogen-bond donors (Lipinski definition) is 2. The van der Waals surface area contributed by atoms with Gasteiger partial charge < -0.3 is 15.0 Å². The second-order valence-electron chi connectivity index (χ2n) is 6.93. The first-order valence-electron chi connectivity index (χ1n) is 9.15. The number of nitrogens with one attached hydrogen (secondary N) is 2. The molecule has 0 unspecified atom stereocenters. The molecule has 2 heterocycles. The van der Waals surface area contributed by atoms with Crippen molar-refractivity contribution in [1.29, 1.82) is 0 Å². The van der Waals surface area contributed by atoms with Crippen LogP contribution in [0.25, 0.3) is 10.9 Å². The lowest BCUT2D eigenvalue weighted by atomic mass is 9.85. The van der Waals surface area contributed by atoms with Crippen LogP contribution in [0, 0.1) is 12.8 Å². The normalized spacial score (nSPS) is 14.2. The molecule has 0 bridgehead atoms. The molecule has 26 heavy (non-hydrogen) atoms. The Morgan fingerprint density at radius 1 is 1.31 bits per heavy atom. The van der Waals surface area contributed by atoms with Crippen LogP contribution in [0.4, 0.5) is 5.69 Å². The van der Waals surface area contributed by atoms with E-state index in [0.29, 0.717) is 6.61 Å². The molecule has 1 aliphatic carbocycles. The third kappa shape index (κ3) is 3.57. The Morgan fingerprint density at radius 2 is 2.19 bits per heavy atom. The number of fused-ring (bicyclic) bond motifs is 1. The van der Waals surface area contributed by atoms with E-state index in [4.69, 9.17) is 4.74 Å². The molecular weight excluding hydrogens is 326 g/mol. The molecule has 2 N–H and O–H groups in total. The van der Waals surface area contributed by atoms with E-state index in [0.717, 1.165) is 59.3 Å². The van der Waals surface area contributed by atoms with Crippen LogP contribution >= 0.6 is 0 Å². The van der Waals surface area contributed by atoms with Crippen molar-refractivity contribution in [3.8, 4) is 5.75 Å². The van der Waals surface area contributed by atoms with Gasteiger partial charge in [0.05, 0.1) is 12.3 Å². The maximum atomic E-state index is 12.2. The molecule has 1 aromatic carbocycles. The number of amides is 1. The van der Waals surface area contributed by atoms with Crippen molar-refractivity contribution in [2.45, 2.75) is 32.6 Å². The predicted molar refractivity (Wildman–Crippen MR) is 102 cm³/mol. The van der Waals surface area contributed by atoms with Crippen molar-refractivity contribution in [3.05, 3.63) is 54.0 Å². The molecular formula is C21H23N3O2. The molecule has 134 valence electrons. The first-order valence-corrected chi connectivity index (χ1v) is 9.15. The van der Waals surface area contributed by atoms with Crippen LogP contribution in [0.5, 0.6) is 5.75 Å². The molecule has 0 radical (unpaired) electrons. The minimum atomic E-state index is 0.121. The highest BCUT2D eigenvalue weighted by Crippen LogP contribution is 2.31. The van der Waals surface area contributed by atoms with Crippen molar-refractivity contribution in [2.24, 2.45) is 5.92 Å². The summed E-state index contributed by atoms with van der Waals surface area (Å²) in [6.07, 6.45) is 7.70. The summed E-state index contributed by atoms with van der Waals surface area (Å²) >= 11 is 0. The third-order valence-electron chi connectivity index (χ3n) is 5.02. The van der Waals surface area contributed by atoms with Crippen LogP contribution in [-0.2, 0) is 11.2 Å². The summed E-state index contributed by atoms with van der Waals surface area (Å²) in [5, 5.41) is 4.03. The van der Waals surface area contributed by atoms with E-state index >= 15 is 0 Å². The number of hydrogen-bond acceptors (Lipinski definition) is 3. The van der Waals surface area contributed by atoms with Gasteiger partial charge in [0.15, 0.2) is 0 Å². The number of anilines is 1. The fourth-order valence-electron chi connectivity index (χ4n) is 3.13. The number of aromatic nitrogens is 2. The molecule has 1 saturated carbocycles.